The van der Waals surface area contributed by atoms with Gasteiger partial charge in [0, 0.05) is 58.1 Å². The Bertz CT molecular complexity index is 463. The number of nitrogens with zero attached hydrogens (tertiary/aromatic N) is 4. The summed E-state index contributed by atoms with van der Waals surface area (Å²) in [5.41, 5.74) is 1.57. The Labute approximate surface area is 141 Å². The van der Waals surface area contributed by atoms with Crippen molar-refractivity contribution in [2.75, 3.05) is 45.9 Å². The summed E-state index contributed by atoms with van der Waals surface area (Å²) in [4.78, 5) is 5.13. The van der Waals surface area contributed by atoms with Crippen LogP contribution < -0.4 is 0 Å². The van der Waals surface area contributed by atoms with Crippen LogP contribution in [0.2, 0.25) is 0 Å². The summed E-state index contributed by atoms with van der Waals surface area (Å²) in [6, 6.07) is 0. The van der Waals surface area contributed by atoms with Gasteiger partial charge in [-0.2, -0.15) is 5.10 Å². The lowest BCUT2D eigenvalue weighted by Crippen LogP contribution is -2.46. The number of hydrogen-bond acceptors (Lipinski definition) is 4. The molecular weight excluding hydrogens is 288 g/mol. The minimum Gasteiger partial charge on any atom is -0.379 e. The summed E-state index contributed by atoms with van der Waals surface area (Å²) < 4.78 is 7.36. The maximum absolute atomic E-state index is 5.47. The van der Waals surface area contributed by atoms with E-state index >= 15 is 0 Å². The van der Waals surface area contributed by atoms with Gasteiger partial charge >= 0.3 is 0 Å². The van der Waals surface area contributed by atoms with Crippen LogP contribution in [0.5, 0.6) is 0 Å². The van der Waals surface area contributed by atoms with E-state index in [1.54, 1.807) is 0 Å². The quantitative estimate of drug-likeness (QED) is 0.735. The third-order valence-corrected chi connectivity index (χ3v) is 4.19. The van der Waals surface area contributed by atoms with Gasteiger partial charge in [0.1, 0.15) is 0 Å². The van der Waals surface area contributed by atoms with Crippen molar-refractivity contribution >= 4 is 0 Å². The average molecular weight is 322 g/mol. The van der Waals surface area contributed by atoms with Crippen LogP contribution in [-0.4, -0.2) is 65.5 Å². The fourth-order valence-corrected chi connectivity index (χ4v) is 3.53. The highest BCUT2D eigenvalue weighted by molar-refractivity contribution is 5.03. The smallest absolute Gasteiger partial charge is 0.0594 e. The molecule has 1 fully saturated rings. The SMILES string of the molecule is CC(C)CN(Cc1cnn(C)c1)CC(C)(C)CN1CCOCC1. The molecule has 0 aliphatic carbocycles. The number of hydrogen-bond donors (Lipinski definition) is 0. The molecule has 1 aliphatic heterocycles. The van der Waals surface area contributed by atoms with Gasteiger partial charge < -0.3 is 4.74 Å². The van der Waals surface area contributed by atoms with E-state index in [0.29, 0.717) is 5.92 Å². The van der Waals surface area contributed by atoms with Crippen molar-refractivity contribution in [1.82, 2.24) is 19.6 Å². The maximum atomic E-state index is 5.47. The molecule has 2 rings (SSSR count). The van der Waals surface area contributed by atoms with E-state index in [4.69, 9.17) is 4.74 Å². The first-order valence-electron chi connectivity index (χ1n) is 8.84. The minimum atomic E-state index is 0.272. The first-order chi connectivity index (χ1) is 10.8. The van der Waals surface area contributed by atoms with Crippen LogP contribution in [0.4, 0.5) is 0 Å². The Morgan fingerprint density at radius 2 is 2.00 bits per heavy atom. The molecule has 1 saturated heterocycles. The van der Waals surface area contributed by atoms with Crippen molar-refractivity contribution in [2.45, 2.75) is 34.2 Å². The third-order valence-electron chi connectivity index (χ3n) is 4.19. The largest absolute Gasteiger partial charge is 0.379 e. The fraction of sp³-hybridized carbons (Fsp3) is 0.833. The van der Waals surface area contributed by atoms with Gasteiger partial charge in [-0.05, 0) is 11.3 Å². The average Bonchev–Trinajstić information content (AvgIpc) is 2.83. The van der Waals surface area contributed by atoms with E-state index in [9.17, 15) is 0 Å². The van der Waals surface area contributed by atoms with Crippen LogP contribution in [0, 0.1) is 11.3 Å². The fourth-order valence-electron chi connectivity index (χ4n) is 3.53. The molecule has 0 radical (unpaired) electrons. The lowest BCUT2D eigenvalue weighted by atomic mass is 9.91. The normalized spacial score (nSPS) is 17.3. The van der Waals surface area contributed by atoms with Gasteiger partial charge in [-0.1, -0.05) is 27.7 Å². The van der Waals surface area contributed by atoms with Crippen LogP contribution in [0.15, 0.2) is 12.4 Å². The first kappa shape index (κ1) is 18.4. The molecule has 2 heterocycles. The third kappa shape index (κ3) is 6.61. The Kier molecular flexibility index (Phi) is 6.62. The zero-order chi connectivity index (χ0) is 16.9. The van der Waals surface area contributed by atoms with Gasteiger partial charge in [0.25, 0.3) is 0 Å². The van der Waals surface area contributed by atoms with E-state index in [0.717, 1.165) is 52.5 Å². The van der Waals surface area contributed by atoms with Gasteiger partial charge in [0.15, 0.2) is 0 Å². The molecule has 23 heavy (non-hydrogen) atoms. The molecule has 5 heteroatoms. The highest BCUT2D eigenvalue weighted by Gasteiger charge is 2.26. The van der Waals surface area contributed by atoms with Crippen molar-refractivity contribution in [2.24, 2.45) is 18.4 Å². The molecular formula is C18H34N4O. The molecule has 0 unspecified atom stereocenters. The minimum absolute atomic E-state index is 0.272. The number of ether oxygens (including phenoxy) is 1. The van der Waals surface area contributed by atoms with Crippen molar-refractivity contribution in [1.29, 1.82) is 0 Å². The summed E-state index contributed by atoms with van der Waals surface area (Å²) >= 11 is 0. The van der Waals surface area contributed by atoms with Crippen LogP contribution in [0.25, 0.3) is 0 Å². The highest BCUT2D eigenvalue weighted by atomic mass is 16.5. The van der Waals surface area contributed by atoms with Crippen LogP contribution in [0.3, 0.4) is 0 Å². The van der Waals surface area contributed by atoms with Crippen LogP contribution in [-0.2, 0) is 18.3 Å². The number of aromatic nitrogens is 2. The molecule has 1 aromatic heterocycles. The van der Waals surface area contributed by atoms with Gasteiger partial charge in [0.2, 0.25) is 0 Å². The van der Waals surface area contributed by atoms with E-state index < -0.39 is 0 Å². The van der Waals surface area contributed by atoms with Gasteiger partial charge in [-0.3, -0.25) is 14.5 Å². The summed E-state index contributed by atoms with van der Waals surface area (Å²) in [5, 5.41) is 4.31. The monoisotopic (exact) mass is 322 g/mol. The number of aryl methyl sites for hydroxylation is 1. The zero-order valence-corrected chi connectivity index (χ0v) is 15.6. The molecule has 0 N–H and O–H groups in total. The summed E-state index contributed by atoms with van der Waals surface area (Å²) in [6.07, 6.45) is 4.12. The second-order valence-corrected chi connectivity index (χ2v) is 8.14. The van der Waals surface area contributed by atoms with E-state index in [2.05, 4.69) is 48.8 Å². The number of rotatable bonds is 8. The summed E-state index contributed by atoms with van der Waals surface area (Å²) in [5.74, 6) is 0.672. The molecule has 5 nitrogen and oxygen atoms in total. The van der Waals surface area contributed by atoms with E-state index in [1.807, 2.05) is 17.9 Å². The van der Waals surface area contributed by atoms with Crippen molar-refractivity contribution < 1.29 is 4.74 Å². The summed E-state index contributed by atoms with van der Waals surface area (Å²) in [6.45, 7) is 17.6. The van der Waals surface area contributed by atoms with E-state index in [-0.39, 0.29) is 5.41 Å². The second-order valence-electron chi connectivity index (χ2n) is 8.14. The molecule has 0 bridgehead atoms. The lowest BCUT2D eigenvalue weighted by molar-refractivity contribution is 0.0137. The van der Waals surface area contributed by atoms with Crippen LogP contribution >= 0.6 is 0 Å². The molecule has 0 atom stereocenters. The van der Waals surface area contributed by atoms with Crippen molar-refractivity contribution in [3.8, 4) is 0 Å². The maximum Gasteiger partial charge on any atom is 0.0594 e. The topological polar surface area (TPSA) is 33.5 Å². The summed E-state index contributed by atoms with van der Waals surface area (Å²) in [7, 11) is 1.98. The molecule has 1 aromatic rings. The predicted octanol–water partition coefficient (Wildman–Crippen LogP) is 2.24. The molecule has 132 valence electrons. The Hall–Kier alpha value is -0.910. The van der Waals surface area contributed by atoms with Crippen molar-refractivity contribution in [3.63, 3.8) is 0 Å². The standard InChI is InChI=1S/C18H34N4O/c1-16(2)11-22(13-17-10-19-20(5)12-17)15-18(3,4)14-21-6-8-23-9-7-21/h10,12,16H,6-9,11,13-15H2,1-5H3. The number of morpholine rings is 1. The molecule has 1 aliphatic rings. The van der Waals surface area contributed by atoms with E-state index in [1.165, 1.54) is 5.56 Å². The predicted molar refractivity (Wildman–Crippen MR) is 94.4 cm³/mol. The molecule has 0 amide bonds. The molecule has 0 saturated carbocycles. The van der Waals surface area contributed by atoms with Gasteiger partial charge in [-0.15, -0.1) is 0 Å². The lowest BCUT2D eigenvalue weighted by Gasteiger charge is -2.38. The van der Waals surface area contributed by atoms with Crippen molar-refractivity contribution in [3.05, 3.63) is 18.0 Å². The Morgan fingerprint density at radius 3 is 2.57 bits per heavy atom. The molecule has 0 aromatic carbocycles. The van der Waals surface area contributed by atoms with Crippen LogP contribution in [0.1, 0.15) is 33.3 Å². The Morgan fingerprint density at radius 1 is 1.30 bits per heavy atom. The Balaban J connectivity index is 1.94. The zero-order valence-electron chi connectivity index (χ0n) is 15.6. The molecule has 0 spiro atoms. The van der Waals surface area contributed by atoms with Gasteiger partial charge in [-0.25, -0.2) is 0 Å². The second kappa shape index (κ2) is 8.27. The highest BCUT2D eigenvalue weighted by Crippen LogP contribution is 2.21. The van der Waals surface area contributed by atoms with Gasteiger partial charge in [0.05, 0.1) is 19.4 Å². The first-order valence-corrected chi connectivity index (χ1v) is 8.84.